The highest BCUT2D eigenvalue weighted by Gasteiger charge is 2.24. The average molecular weight is 359 g/mol. The zero-order chi connectivity index (χ0) is 17.3. The van der Waals surface area contributed by atoms with Crippen LogP contribution in [0.1, 0.15) is 11.1 Å². The van der Waals surface area contributed by atoms with Crippen LogP contribution in [0.5, 0.6) is 5.88 Å². The second kappa shape index (κ2) is 6.11. The number of aromatic nitrogens is 1. The Bertz CT molecular complexity index is 1090. The van der Waals surface area contributed by atoms with E-state index in [0.29, 0.717) is 16.3 Å². The van der Waals surface area contributed by atoms with Crippen molar-refractivity contribution in [2.24, 2.45) is 0 Å². The number of sulfone groups is 1. The van der Waals surface area contributed by atoms with Crippen LogP contribution in [0.15, 0.2) is 53.6 Å². The van der Waals surface area contributed by atoms with Gasteiger partial charge in [0.15, 0.2) is 5.03 Å². The first-order chi connectivity index (χ1) is 11.4. The maximum Gasteiger partial charge on any atom is 0.232 e. The number of pyridine rings is 1. The predicted molar refractivity (Wildman–Crippen MR) is 90.5 cm³/mol. The quantitative estimate of drug-likeness (QED) is 0.774. The van der Waals surface area contributed by atoms with E-state index in [1.165, 1.54) is 0 Å². The molecule has 0 fully saturated rings. The first-order valence-electron chi connectivity index (χ1n) is 6.92. The topological polar surface area (TPSA) is 91.0 Å². The van der Waals surface area contributed by atoms with Crippen LogP contribution >= 0.6 is 11.6 Å². The smallest absolute Gasteiger partial charge is 0.232 e. The van der Waals surface area contributed by atoms with Crippen LogP contribution in [-0.2, 0) is 15.6 Å². The molecular weight excluding hydrogens is 348 g/mol. The maximum absolute atomic E-state index is 12.8. The molecule has 3 rings (SSSR count). The van der Waals surface area contributed by atoms with Crippen molar-refractivity contribution in [2.45, 2.75) is 10.8 Å². The fraction of sp³-hybridized carbons (Fsp3) is 0.0588. The van der Waals surface area contributed by atoms with E-state index in [1.807, 2.05) is 6.07 Å². The molecule has 1 N–H and O–H groups in total. The molecule has 24 heavy (non-hydrogen) atoms. The number of halogens is 1. The third-order valence-electron chi connectivity index (χ3n) is 3.58. The predicted octanol–water partition coefficient (Wildman–Crippen LogP) is 3.44. The molecule has 0 atom stereocenters. The van der Waals surface area contributed by atoms with Crippen molar-refractivity contribution in [1.82, 2.24) is 4.98 Å². The van der Waals surface area contributed by atoms with Crippen LogP contribution in [-0.4, -0.2) is 18.5 Å². The SMILES string of the molecule is N#Cc1ccccc1CS(=O)(=O)c1nc(O)c(Cl)c2ccccc12. The normalized spacial score (nSPS) is 11.3. The second-order valence-electron chi connectivity index (χ2n) is 5.13. The van der Waals surface area contributed by atoms with Gasteiger partial charge in [0, 0.05) is 10.8 Å². The van der Waals surface area contributed by atoms with E-state index in [1.54, 1.807) is 48.5 Å². The molecule has 1 aromatic heterocycles. The Labute approximate surface area is 143 Å². The number of hydrogen-bond acceptors (Lipinski definition) is 5. The van der Waals surface area contributed by atoms with Gasteiger partial charge in [-0.3, -0.25) is 0 Å². The van der Waals surface area contributed by atoms with Gasteiger partial charge in [-0.15, -0.1) is 0 Å². The first kappa shape index (κ1) is 16.2. The zero-order valence-electron chi connectivity index (χ0n) is 12.3. The summed E-state index contributed by atoms with van der Waals surface area (Å²) in [6.45, 7) is 0. The molecule has 0 aliphatic heterocycles. The van der Waals surface area contributed by atoms with Crippen molar-refractivity contribution < 1.29 is 13.5 Å². The molecule has 7 heteroatoms. The van der Waals surface area contributed by atoms with Crippen molar-refractivity contribution in [1.29, 1.82) is 5.26 Å². The number of nitrogens with zero attached hydrogens (tertiary/aromatic N) is 2. The second-order valence-corrected chi connectivity index (χ2v) is 7.41. The Morgan fingerprint density at radius 2 is 1.71 bits per heavy atom. The molecule has 0 saturated carbocycles. The highest BCUT2D eigenvalue weighted by atomic mass is 35.5. The molecule has 0 aliphatic carbocycles. The van der Waals surface area contributed by atoms with Gasteiger partial charge >= 0.3 is 0 Å². The zero-order valence-corrected chi connectivity index (χ0v) is 13.8. The van der Waals surface area contributed by atoms with E-state index >= 15 is 0 Å². The number of benzene rings is 2. The standard InChI is InChI=1S/C17H11ClN2O3S/c18-15-13-7-3-4-8-14(13)17(20-16(15)21)24(22,23)10-12-6-2-1-5-11(12)9-19/h1-8H,10H2,(H,20,21). The molecule has 0 bridgehead atoms. The molecule has 3 aromatic rings. The average Bonchev–Trinajstić information content (AvgIpc) is 2.58. The van der Waals surface area contributed by atoms with Gasteiger partial charge in [-0.25, -0.2) is 8.42 Å². The molecule has 0 saturated heterocycles. The lowest BCUT2D eigenvalue weighted by Gasteiger charge is -2.10. The van der Waals surface area contributed by atoms with Crippen molar-refractivity contribution in [3.8, 4) is 11.9 Å². The summed E-state index contributed by atoms with van der Waals surface area (Å²) in [5.74, 6) is -0.933. The molecule has 120 valence electrons. The van der Waals surface area contributed by atoms with Crippen LogP contribution in [0, 0.1) is 11.3 Å². The van der Waals surface area contributed by atoms with Crippen molar-refractivity contribution in [3.63, 3.8) is 0 Å². The maximum atomic E-state index is 12.8. The highest BCUT2D eigenvalue weighted by Crippen LogP contribution is 2.34. The van der Waals surface area contributed by atoms with Crippen LogP contribution in [0.25, 0.3) is 10.8 Å². The van der Waals surface area contributed by atoms with Gasteiger partial charge in [-0.05, 0) is 11.6 Å². The minimum absolute atomic E-state index is 0.00183. The Kier molecular flexibility index (Phi) is 4.14. The van der Waals surface area contributed by atoms with Crippen molar-refractivity contribution in [3.05, 3.63) is 64.7 Å². The summed E-state index contributed by atoms with van der Waals surface area (Å²) >= 11 is 6.01. The van der Waals surface area contributed by atoms with Crippen LogP contribution in [0.2, 0.25) is 5.02 Å². The molecule has 0 spiro atoms. The molecule has 0 radical (unpaired) electrons. The Morgan fingerprint density at radius 1 is 1.08 bits per heavy atom. The Morgan fingerprint density at radius 3 is 2.42 bits per heavy atom. The van der Waals surface area contributed by atoms with E-state index in [-0.39, 0.29) is 15.6 Å². The fourth-order valence-electron chi connectivity index (χ4n) is 2.45. The summed E-state index contributed by atoms with van der Waals surface area (Å²) in [6.07, 6.45) is 0. The fourth-order valence-corrected chi connectivity index (χ4v) is 4.20. The summed E-state index contributed by atoms with van der Waals surface area (Å²) < 4.78 is 25.6. The molecule has 0 unspecified atom stereocenters. The number of rotatable bonds is 3. The van der Waals surface area contributed by atoms with Crippen LogP contribution in [0.3, 0.4) is 0 Å². The number of aromatic hydroxyl groups is 1. The van der Waals surface area contributed by atoms with Crippen LogP contribution in [0.4, 0.5) is 0 Å². The highest BCUT2D eigenvalue weighted by molar-refractivity contribution is 7.90. The van der Waals surface area contributed by atoms with Crippen molar-refractivity contribution >= 4 is 32.2 Å². The van der Waals surface area contributed by atoms with E-state index in [2.05, 4.69) is 4.98 Å². The van der Waals surface area contributed by atoms with Gasteiger partial charge in [0.25, 0.3) is 0 Å². The van der Waals surface area contributed by atoms with Gasteiger partial charge in [0.2, 0.25) is 15.7 Å². The molecular formula is C17H11ClN2O3S. The molecule has 0 amide bonds. The van der Waals surface area contributed by atoms with Gasteiger partial charge in [-0.1, -0.05) is 54.1 Å². The van der Waals surface area contributed by atoms with Gasteiger partial charge in [0.1, 0.15) is 5.02 Å². The minimum Gasteiger partial charge on any atom is -0.492 e. The van der Waals surface area contributed by atoms with E-state index < -0.39 is 21.5 Å². The summed E-state index contributed by atoms with van der Waals surface area (Å²) in [5, 5.41) is 19.5. The minimum atomic E-state index is -3.89. The van der Waals surface area contributed by atoms with Crippen LogP contribution < -0.4 is 0 Å². The van der Waals surface area contributed by atoms with Gasteiger partial charge in [0.05, 0.1) is 17.4 Å². The van der Waals surface area contributed by atoms with E-state index in [9.17, 15) is 13.5 Å². The summed E-state index contributed by atoms with van der Waals surface area (Å²) in [5.41, 5.74) is 0.656. The third-order valence-corrected chi connectivity index (χ3v) is 5.54. The Balaban J connectivity index is 2.20. The van der Waals surface area contributed by atoms with E-state index in [4.69, 9.17) is 16.9 Å². The lowest BCUT2D eigenvalue weighted by molar-refractivity contribution is 0.449. The summed E-state index contributed by atoms with van der Waals surface area (Å²) in [4.78, 5) is 3.78. The number of hydrogen-bond donors (Lipinski definition) is 1. The molecule has 1 heterocycles. The largest absolute Gasteiger partial charge is 0.492 e. The summed E-state index contributed by atoms with van der Waals surface area (Å²) in [6, 6.07) is 15.0. The third kappa shape index (κ3) is 2.80. The molecule has 2 aromatic carbocycles. The monoisotopic (exact) mass is 358 g/mol. The van der Waals surface area contributed by atoms with Crippen molar-refractivity contribution in [2.75, 3.05) is 0 Å². The molecule has 5 nitrogen and oxygen atoms in total. The lowest BCUT2D eigenvalue weighted by Crippen LogP contribution is -2.09. The lowest BCUT2D eigenvalue weighted by atomic mass is 10.1. The van der Waals surface area contributed by atoms with E-state index in [0.717, 1.165) is 0 Å². The van der Waals surface area contributed by atoms with Gasteiger partial charge in [-0.2, -0.15) is 10.2 Å². The first-order valence-corrected chi connectivity index (χ1v) is 8.95. The van der Waals surface area contributed by atoms with Gasteiger partial charge < -0.3 is 5.11 Å². The number of fused-ring (bicyclic) bond motifs is 1. The summed E-state index contributed by atoms with van der Waals surface area (Å²) in [7, 11) is -3.89. The number of nitriles is 1. The Hall–Kier alpha value is -2.62. The molecule has 0 aliphatic rings.